The summed E-state index contributed by atoms with van der Waals surface area (Å²) in [5.74, 6) is 0.893. The molecule has 1 heterocycles. The minimum Gasteiger partial charge on any atom is -0.454 e. The molecule has 0 radical (unpaired) electrons. The molecule has 0 spiro atoms. The first-order valence-corrected chi connectivity index (χ1v) is 7.73. The summed E-state index contributed by atoms with van der Waals surface area (Å²) in [7, 11) is 0. The van der Waals surface area contributed by atoms with Gasteiger partial charge in [0, 0.05) is 17.8 Å². The molecule has 2 atom stereocenters. The molecule has 1 aromatic carbocycles. The van der Waals surface area contributed by atoms with Gasteiger partial charge in [0.05, 0.1) is 5.92 Å². The summed E-state index contributed by atoms with van der Waals surface area (Å²) in [5, 5.41) is 10.6. The Bertz CT molecular complexity index is 563. The second-order valence-corrected chi connectivity index (χ2v) is 5.72. The molecule has 7 heteroatoms. The Morgan fingerprint density at radius 3 is 2.73 bits per heavy atom. The fraction of sp³-hybridized carbons (Fsp3) is 0.533. The fourth-order valence-corrected chi connectivity index (χ4v) is 2.86. The van der Waals surface area contributed by atoms with Crippen LogP contribution in [0.15, 0.2) is 18.2 Å². The van der Waals surface area contributed by atoms with E-state index in [4.69, 9.17) is 9.47 Å². The molecule has 0 bridgehead atoms. The Morgan fingerprint density at radius 2 is 2.09 bits per heavy atom. The van der Waals surface area contributed by atoms with Gasteiger partial charge in [-0.15, -0.1) is 12.6 Å². The van der Waals surface area contributed by atoms with Crippen LogP contribution in [-0.2, 0) is 4.79 Å². The lowest BCUT2D eigenvalue weighted by Gasteiger charge is -2.15. The first-order chi connectivity index (χ1) is 10.5. The summed E-state index contributed by atoms with van der Waals surface area (Å²) in [6, 6.07) is 4.82. The number of fused-ring (bicyclic) bond motifs is 1. The van der Waals surface area contributed by atoms with E-state index in [1.807, 2.05) is 6.07 Å². The van der Waals surface area contributed by atoms with Crippen LogP contribution in [0.25, 0.3) is 0 Å². The molecule has 0 aromatic heterocycles. The van der Waals surface area contributed by atoms with E-state index < -0.39 is 6.04 Å². The average molecular weight is 325 g/mol. The van der Waals surface area contributed by atoms with Crippen LogP contribution in [0.3, 0.4) is 0 Å². The molecule has 0 aliphatic carbocycles. The van der Waals surface area contributed by atoms with Crippen molar-refractivity contribution in [2.45, 2.75) is 44.6 Å². The number of rotatable bonds is 8. The maximum atomic E-state index is 11.8. The van der Waals surface area contributed by atoms with Crippen molar-refractivity contribution in [3.63, 3.8) is 0 Å². The second kappa shape index (κ2) is 7.49. The van der Waals surface area contributed by atoms with Crippen LogP contribution >= 0.6 is 12.6 Å². The van der Waals surface area contributed by atoms with Crippen molar-refractivity contribution in [2.24, 2.45) is 0 Å². The molecule has 0 saturated heterocycles. The van der Waals surface area contributed by atoms with Gasteiger partial charge < -0.3 is 9.47 Å². The summed E-state index contributed by atoms with van der Waals surface area (Å²) in [6.45, 7) is 1.98. The number of nitro groups is 1. The monoisotopic (exact) mass is 325 g/mol. The summed E-state index contributed by atoms with van der Waals surface area (Å²) in [4.78, 5) is 22.4. The molecule has 0 N–H and O–H groups in total. The van der Waals surface area contributed by atoms with Crippen LogP contribution in [-0.4, -0.2) is 22.9 Å². The van der Waals surface area contributed by atoms with Crippen molar-refractivity contribution in [1.82, 2.24) is 0 Å². The maximum Gasteiger partial charge on any atom is 0.231 e. The standard InChI is InChI=1S/C15H19NO5S/c1-2-11(16(18)19)4-3-5-12(15(17)22)10-6-7-13-14(8-10)21-9-20-13/h6-8,11-12H,2-5,9H2,1H3,(H,17,22). The highest BCUT2D eigenvalue weighted by atomic mass is 32.1. The van der Waals surface area contributed by atoms with E-state index in [0.717, 1.165) is 5.56 Å². The molecule has 1 aliphatic rings. The Morgan fingerprint density at radius 1 is 1.36 bits per heavy atom. The molecule has 120 valence electrons. The van der Waals surface area contributed by atoms with Gasteiger partial charge in [-0.2, -0.15) is 0 Å². The zero-order valence-corrected chi connectivity index (χ0v) is 13.3. The molecule has 0 amide bonds. The van der Waals surface area contributed by atoms with Crippen molar-refractivity contribution >= 4 is 17.7 Å². The Balaban J connectivity index is 2.01. The number of ether oxygens (including phenoxy) is 2. The molecule has 1 aromatic rings. The topological polar surface area (TPSA) is 78.7 Å². The van der Waals surface area contributed by atoms with Crippen molar-refractivity contribution in [3.8, 4) is 11.5 Å². The van der Waals surface area contributed by atoms with Crippen LogP contribution in [0.1, 0.15) is 44.1 Å². The van der Waals surface area contributed by atoms with E-state index in [2.05, 4.69) is 12.6 Å². The predicted molar refractivity (Wildman–Crippen MR) is 84.2 cm³/mol. The van der Waals surface area contributed by atoms with Crippen LogP contribution in [0.4, 0.5) is 0 Å². The molecule has 0 saturated carbocycles. The molecular weight excluding hydrogens is 306 g/mol. The minimum atomic E-state index is -0.549. The van der Waals surface area contributed by atoms with Crippen molar-refractivity contribution < 1.29 is 19.2 Å². The van der Waals surface area contributed by atoms with Crippen molar-refractivity contribution in [3.05, 3.63) is 33.9 Å². The summed E-state index contributed by atoms with van der Waals surface area (Å²) in [6.07, 6.45) is 2.10. The number of carbonyl (C=O) groups is 1. The van der Waals surface area contributed by atoms with E-state index in [1.54, 1.807) is 19.1 Å². The Labute approximate surface area is 134 Å². The predicted octanol–water partition coefficient (Wildman–Crippen LogP) is 3.18. The van der Waals surface area contributed by atoms with E-state index >= 15 is 0 Å². The van der Waals surface area contributed by atoms with E-state index in [9.17, 15) is 14.9 Å². The van der Waals surface area contributed by atoms with Gasteiger partial charge >= 0.3 is 0 Å². The molecular formula is C15H19NO5S. The number of benzene rings is 1. The third kappa shape index (κ3) is 3.91. The largest absolute Gasteiger partial charge is 0.454 e. The van der Waals surface area contributed by atoms with Gasteiger partial charge in [0.25, 0.3) is 0 Å². The molecule has 2 unspecified atom stereocenters. The lowest BCUT2D eigenvalue weighted by molar-refractivity contribution is -0.523. The van der Waals surface area contributed by atoms with Gasteiger partial charge in [-0.05, 0) is 30.5 Å². The van der Waals surface area contributed by atoms with Crippen LogP contribution < -0.4 is 9.47 Å². The lowest BCUT2D eigenvalue weighted by Crippen LogP contribution is -2.18. The number of hydrogen-bond acceptors (Lipinski definition) is 5. The van der Waals surface area contributed by atoms with E-state index in [0.29, 0.717) is 37.2 Å². The summed E-state index contributed by atoms with van der Waals surface area (Å²) >= 11 is 3.95. The number of nitrogens with zero attached hydrogens (tertiary/aromatic N) is 1. The van der Waals surface area contributed by atoms with E-state index in [1.165, 1.54) is 0 Å². The molecule has 6 nitrogen and oxygen atoms in total. The van der Waals surface area contributed by atoms with Gasteiger partial charge in [0.15, 0.2) is 16.6 Å². The molecule has 0 fully saturated rings. The van der Waals surface area contributed by atoms with Gasteiger partial charge in [0.1, 0.15) is 0 Å². The zero-order valence-electron chi connectivity index (χ0n) is 12.4. The number of hydrogen-bond donors (Lipinski definition) is 1. The van der Waals surface area contributed by atoms with E-state index in [-0.39, 0.29) is 22.7 Å². The lowest BCUT2D eigenvalue weighted by atomic mass is 9.93. The maximum absolute atomic E-state index is 11.8. The summed E-state index contributed by atoms with van der Waals surface area (Å²) in [5.41, 5.74) is 0.804. The third-order valence-electron chi connectivity index (χ3n) is 3.90. The first kappa shape index (κ1) is 16.6. The smallest absolute Gasteiger partial charge is 0.231 e. The van der Waals surface area contributed by atoms with Gasteiger partial charge in [-0.1, -0.05) is 13.0 Å². The zero-order chi connectivity index (χ0) is 16.1. The third-order valence-corrected chi connectivity index (χ3v) is 4.21. The van der Waals surface area contributed by atoms with Crippen molar-refractivity contribution in [2.75, 3.05) is 6.79 Å². The highest BCUT2D eigenvalue weighted by Gasteiger charge is 2.23. The number of carbonyl (C=O) groups excluding carboxylic acids is 1. The first-order valence-electron chi connectivity index (χ1n) is 7.28. The second-order valence-electron chi connectivity index (χ2n) is 5.28. The molecule has 1 aliphatic heterocycles. The molecule has 2 rings (SSSR count). The quantitative estimate of drug-likeness (QED) is 0.451. The average Bonchev–Trinajstić information content (AvgIpc) is 2.94. The highest BCUT2D eigenvalue weighted by molar-refractivity contribution is 7.96. The van der Waals surface area contributed by atoms with Gasteiger partial charge in [-0.3, -0.25) is 14.9 Å². The van der Waals surface area contributed by atoms with Gasteiger partial charge in [-0.25, -0.2) is 0 Å². The van der Waals surface area contributed by atoms with Crippen molar-refractivity contribution in [1.29, 1.82) is 0 Å². The highest BCUT2D eigenvalue weighted by Crippen LogP contribution is 2.36. The Kier molecular flexibility index (Phi) is 5.65. The van der Waals surface area contributed by atoms with Crippen LogP contribution in [0, 0.1) is 10.1 Å². The van der Waals surface area contributed by atoms with Gasteiger partial charge in [0.2, 0.25) is 12.8 Å². The SMILES string of the molecule is CCC(CCCC(C(=O)S)c1ccc2c(c1)OCO2)[N+](=O)[O-]. The fourth-order valence-electron chi connectivity index (χ4n) is 2.58. The van der Waals surface area contributed by atoms with Crippen LogP contribution in [0.5, 0.6) is 11.5 Å². The van der Waals surface area contributed by atoms with Crippen LogP contribution in [0.2, 0.25) is 0 Å². The molecule has 22 heavy (non-hydrogen) atoms. The minimum absolute atomic E-state index is 0.180. The Hall–Kier alpha value is -1.76. The normalized spacial score (nSPS) is 15.4. The number of thiol groups is 1. The summed E-state index contributed by atoms with van der Waals surface area (Å²) < 4.78 is 10.6.